The molecular weight excluding hydrogens is 366 g/mol. The van der Waals surface area contributed by atoms with E-state index in [1.165, 1.54) is 5.56 Å². The molecule has 0 fully saturated rings. The van der Waals surface area contributed by atoms with Crippen LogP contribution in [0.3, 0.4) is 0 Å². The van der Waals surface area contributed by atoms with Crippen LogP contribution in [0.15, 0.2) is 103 Å². The number of ketones is 1. The number of benzene rings is 3. The molecule has 30 heavy (non-hydrogen) atoms. The number of nitrogens with one attached hydrogen (secondary N) is 1. The lowest BCUT2D eigenvalue weighted by Gasteiger charge is -2.16. The molecule has 0 saturated heterocycles. The Kier molecular flexibility index (Phi) is 7.03. The van der Waals surface area contributed by atoms with Crippen LogP contribution in [0, 0.1) is 5.41 Å². The van der Waals surface area contributed by atoms with E-state index in [-0.39, 0.29) is 5.78 Å². The van der Waals surface area contributed by atoms with Gasteiger partial charge in [-0.1, -0.05) is 112 Å². The van der Waals surface area contributed by atoms with Crippen LogP contribution in [0.5, 0.6) is 0 Å². The topological polar surface area (TPSA) is 29.1 Å². The van der Waals surface area contributed by atoms with E-state index in [2.05, 4.69) is 35.7 Å². The van der Waals surface area contributed by atoms with Crippen molar-refractivity contribution >= 4 is 17.1 Å². The summed E-state index contributed by atoms with van der Waals surface area (Å²) in [5.74, 6) is 0.105. The summed E-state index contributed by atoms with van der Waals surface area (Å²) in [7, 11) is 0. The van der Waals surface area contributed by atoms with Crippen LogP contribution in [0.1, 0.15) is 37.5 Å². The quantitative estimate of drug-likeness (QED) is 0.365. The second-order valence-electron chi connectivity index (χ2n) is 8.34. The fraction of sp³-hybridized carbons (Fsp3) is 0.179. The van der Waals surface area contributed by atoms with Gasteiger partial charge in [-0.05, 0) is 34.4 Å². The molecule has 0 unspecified atom stereocenters. The molecule has 0 saturated carbocycles. The first kappa shape index (κ1) is 21.3. The molecule has 3 aromatic rings. The zero-order valence-electron chi connectivity index (χ0n) is 17.9. The molecule has 152 valence electrons. The predicted molar refractivity (Wildman–Crippen MR) is 127 cm³/mol. The molecular formula is C28H29NO. The summed E-state index contributed by atoms with van der Waals surface area (Å²) < 4.78 is 0. The van der Waals surface area contributed by atoms with Gasteiger partial charge in [0.25, 0.3) is 0 Å². The van der Waals surface area contributed by atoms with Crippen LogP contribution in [-0.4, -0.2) is 5.78 Å². The molecule has 0 atom stereocenters. The van der Waals surface area contributed by atoms with Crippen molar-refractivity contribution in [3.05, 3.63) is 120 Å². The molecule has 0 bridgehead atoms. The highest BCUT2D eigenvalue weighted by Gasteiger charge is 2.19. The second kappa shape index (κ2) is 9.89. The molecule has 0 radical (unpaired) electrons. The Labute approximate surface area is 180 Å². The van der Waals surface area contributed by atoms with Crippen molar-refractivity contribution in [1.29, 1.82) is 0 Å². The zero-order valence-corrected chi connectivity index (χ0v) is 17.9. The summed E-state index contributed by atoms with van der Waals surface area (Å²) in [6.45, 7) is 6.55. The molecule has 0 aliphatic heterocycles. The van der Waals surface area contributed by atoms with E-state index in [1.807, 2.05) is 87.5 Å². The Morgan fingerprint density at radius 1 is 0.733 bits per heavy atom. The van der Waals surface area contributed by atoms with E-state index in [0.29, 0.717) is 6.54 Å². The van der Waals surface area contributed by atoms with Crippen molar-refractivity contribution in [2.45, 2.75) is 27.3 Å². The maximum Gasteiger partial charge on any atom is 0.161 e. The predicted octanol–water partition coefficient (Wildman–Crippen LogP) is 6.52. The first-order valence-electron chi connectivity index (χ1n) is 10.3. The lowest BCUT2D eigenvalue weighted by Crippen LogP contribution is -2.18. The minimum atomic E-state index is -0.432. The molecule has 2 nitrogen and oxygen atoms in total. The standard InChI is InChI=1S/C28H29NO/c1-28(2,3)27(30)20-25(23-15-9-5-10-16-23)19-26(24-17-11-6-12-18-24)29-21-22-13-7-4-8-14-22/h4-20,29H,21H2,1-3H3/b25-20+,26-19-. The molecule has 2 heteroatoms. The van der Waals surface area contributed by atoms with Gasteiger partial charge in [-0.3, -0.25) is 4.79 Å². The summed E-state index contributed by atoms with van der Waals surface area (Å²) in [5, 5.41) is 3.57. The van der Waals surface area contributed by atoms with Crippen LogP contribution in [0.2, 0.25) is 0 Å². The number of hydrogen-bond donors (Lipinski definition) is 1. The van der Waals surface area contributed by atoms with Gasteiger partial charge in [0, 0.05) is 17.7 Å². The van der Waals surface area contributed by atoms with Gasteiger partial charge in [0.15, 0.2) is 5.78 Å². The second-order valence-corrected chi connectivity index (χ2v) is 8.34. The van der Waals surface area contributed by atoms with E-state index in [0.717, 1.165) is 22.4 Å². The van der Waals surface area contributed by atoms with Crippen LogP contribution in [-0.2, 0) is 11.3 Å². The largest absolute Gasteiger partial charge is 0.380 e. The highest BCUT2D eigenvalue weighted by atomic mass is 16.1. The monoisotopic (exact) mass is 395 g/mol. The molecule has 1 N–H and O–H groups in total. The van der Waals surface area contributed by atoms with E-state index in [4.69, 9.17) is 0 Å². The van der Waals surface area contributed by atoms with Crippen molar-refractivity contribution < 1.29 is 4.79 Å². The summed E-state index contributed by atoms with van der Waals surface area (Å²) in [4.78, 5) is 12.8. The first-order valence-corrected chi connectivity index (χ1v) is 10.3. The number of hydrogen-bond acceptors (Lipinski definition) is 2. The van der Waals surface area contributed by atoms with E-state index in [1.54, 1.807) is 6.08 Å². The van der Waals surface area contributed by atoms with Crippen LogP contribution >= 0.6 is 0 Å². The third kappa shape index (κ3) is 6.05. The third-order valence-electron chi connectivity index (χ3n) is 4.84. The Morgan fingerprint density at radius 3 is 1.77 bits per heavy atom. The molecule has 0 amide bonds. The number of carbonyl (C=O) groups is 1. The van der Waals surface area contributed by atoms with Gasteiger partial charge in [-0.15, -0.1) is 0 Å². The van der Waals surface area contributed by atoms with Crippen molar-refractivity contribution in [3.8, 4) is 0 Å². The van der Waals surface area contributed by atoms with Crippen molar-refractivity contribution in [3.63, 3.8) is 0 Å². The zero-order chi connectivity index (χ0) is 21.4. The molecule has 0 aliphatic rings. The first-order chi connectivity index (χ1) is 14.4. The normalized spacial score (nSPS) is 12.5. The lowest BCUT2D eigenvalue weighted by atomic mass is 9.88. The Bertz CT molecular complexity index is 1010. The van der Waals surface area contributed by atoms with Gasteiger partial charge in [0.05, 0.1) is 0 Å². The Balaban J connectivity index is 2.03. The fourth-order valence-corrected chi connectivity index (χ4v) is 3.00. The Morgan fingerprint density at radius 2 is 1.23 bits per heavy atom. The number of rotatable bonds is 7. The van der Waals surface area contributed by atoms with Crippen molar-refractivity contribution in [1.82, 2.24) is 5.32 Å². The van der Waals surface area contributed by atoms with Gasteiger partial charge < -0.3 is 5.32 Å². The third-order valence-corrected chi connectivity index (χ3v) is 4.84. The van der Waals surface area contributed by atoms with Crippen molar-refractivity contribution in [2.75, 3.05) is 0 Å². The van der Waals surface area contributed by atoms with Gasteiger partial charge in [0.2, 0.25) is 0 Å². The molecule has 0 heterocycles. The molecule has 3 aromatic carbocycles. The average molecular weight is 396 g/mol. The summed E-state index contributed by atoms with van der Waals surface area (Å²) in [5.41, 5.74) is 4.75. The summed E-state index contributed by atoms with van der Waals surface area (Å²) in [6, 6.07) is 30.6. The lowest BCUT2D eigenvalue weighted by molar-refractivity contribution is -0.121. The van der Waals surface area contributed by atoms with Gasteiger partial charge in [-0.25, -0.2) is 0 Å². The minimum absolute atomic E-state index is 0.105. The molecule has 3 rings (SSSR count). The molecule has 0 aromatic heterocycles. The van der Waals surface area contributed by atoms with E-state index < -0.39 is 5.41 Å². The van der Waals surface area contributed by atoms with Gasteiger partial charge in [0.1, 0.15) is 0 Å². The Hall–Kier alpha value is -3.39. The maximum atomic E-state index is 12.8. The van der Waals surface area contributed by atoms with Crippen molar-refractivity contribution in [2.24, 2.45) is 5.41 Å². The van der Waals surface area contributed by atoms with Gasteiger partial charge in [-0.2, -0.15) is 0 Å². The smallest absolute Gasteiger partial charge is 0.161 e. The van der Waals surface area contributed by atoms with Gasteiger partial charge >= 0.3 is 0 Å². The summed E-state index contributed by atoms with van der Waals surface area (Å²) in [6.07, 6.45) is 3.85. The van der Waals surface area contributed by atoms with E-state index >= 15 is 0 Å². The SMILES string of the molecule is CC(C)(C)C(=O)/C=C(\C=C(/NCc1ccccc1)c1ccccc1)c1ccccc1. The minimum Gasteiger partial charge on any atom is -0.380 e. The maximum absolute atomic E-state index is 12.8. The molecule has 0 aliphatic carbocycles. The highest BCUT2D eigenvalue weighted by molar-refractivity contribution is 6.02. The van der Waals surface area contributed by atoms with Crippen LogP contribution < -0.4 is 5.32 Å². The van der Waals surface area contributed by atoms with Crippen LogP contribution in [0.4, 0.5) is 0 Å². The molecule has 0 spiro atoms. The highest BCUT2D eigenvalue weighted by Crippen LogP contribution is 2.25. The van der Waals surface area contributed by atoms with Crippen LogP contribution in [0.25, 0.3) is 11.3 Å². The average Bonchev–Trinajstić information content (AvgIpc) is 2.77. The number of carbonyl (C=O) groups excluding carboxylic acids is 1. The number of allylic oxidation sites excluding steroid dienone is 3. The van der Waals surface area contributed by atoms with E-state index in [9.17, 15) is 4.79 Å². The fourth-order valence-electron chi connectivity index (χ4n) is 3.00. The summed E-state index contributed by atoms with van der Waals surface area (Å²) >= 11 is 0.